The van der Waals surface area contributed by atoms with E-state index in [9.17, 15) is 4.79 Å². The minimum Gasteiger partial charge on any atom is -0.462 e. The minimum absolute atomic E-state index is 0.243. The molecule has 0 aromatic carbocycles. The first-order chi connectivity index (χ1) is 11.1. The van der Waals surface area contributed by atoms with Crippen LogP contribution in [0.25, 0.3) is 0 Å². The van der Waals surface area contributed by atoms with Crippen LogP contribution in [0, 0.1) is 11.8 Å². The van der Waals surface area contributed by atoms with E-state index in [0.29, 0.717) is 12.2 Å². The highest BCUT2D eigenvalue weighted by Crippen LogP contribution is 2.34. The molecule has 134 valence electrons. The number of hydrogen-bond donors (Lipinski definition) is 0. The van der Waals surface area contributed by atoms with E-state index in [2.05, 4.69) is 13.5 Å². The topological polar surface area (TPSA) is 26.3 Å². The summed E-state index contributed by atoms with van der Waals surface area (Å²) in [6.45, 7) is 8.14. The number of esters is 1. The summed E-state index contributed by atoms with van der Waals surface area (Å²) in [5.74, 6) is 1.60. The number of ether oxygens (including phenoxy) is 1. The fraction of sp³-hybridized carbons (Fsp3) is 0.857. The molecule has 0 spiro atoms. The largest absolute Gasteiger partial charge is 0.462 e. The highest BCUT2D eigenvalue weighted by Gasteiger charge is 2.20. The molecule has 0 unspecified atom stereocenters. The predicted molar refractivity (Wildman–Crippen MR) is 98.4 cm³/mol. The Labute approximate surface area is 144 Å². The quantitative estimate of drug-likeness (QED) is 0.235. The van der Waals surface area contributed by atoms with Crippen LogP contribution in [0.4, 0.5) is 0 Å². The highest BCUT2D eigenvalue weighted by molar-refractivity contribution is 5.86. The van der Waals surface area contributed by atoms with Crippen LogP contribution in [0.5, 0.6) is 0 Å². The molecule has 23 heavy (non-hydrogen) atoms. The zero-order valence-corrected chi connectivity index (χ0v) is 15.6. The van der Waals surface area contributed by atoms with Crippen LogP contribution >= 0.6 is 0 Å². The maximum absolute atomic E-state index is 11.3. The van der Waals surface area contributed by atoms with E-state index >= 15 is 0 Å². The fourth-order valence-corrected chi connectivity index (χ4v) is 3.68. The van der Waals surface area contributed by atoms with E-state index in [-0.39, 0.29) is 5.97 Å². The Balaban J connectivity index is 1.96. The first-order valence-electron chi connectivity index (χ1n) is 9.96. The van der Waals surface area contributed by atoms with Gasteiger partial charge in [-0.25, -0.2) is 4.79 Å². The molecule has 0 amide bonds. The van der Waals surface area contributed by atoms with Gasteiger partial charge in [-0.15, -0.1) is 0 Å². The van der Waals surface area contributed by atoms with Gasteiger partial charge in [-0.1, -0.05) is 84.1 Å². The molecule has 1 aliphatic carbocycles. The number of carbonyl (C=O) groups excluding carboxylic acids is 1. The summed E-state index contributed by atoms with van der Waals surface area (Å²) in [4.78, 5) is 11.3. The number of rotatable bonds is 12. The van der Waals surface area contributed by atoms with Crippen molar-refractivity contribution < 1.29 is 9.53 Å². The zero-order valence-electron chi connectivity index (χ0n) is 15.6. The summed E-state index contributed by atoms with van der Waals surface area (Å²) in [5.41, 5.74) is 0.500. The van der Waals surface area contributed by atoms with Gasteiger partial charge in [0, 0.05) is 5.57 Å². The fourth-order valence-electron chi connectivity index (χ4n) is 3.68. The lowest BCUT2D eigenvalue weighted by Gasteiger charge is -2.28. The normalized spacial score (nSPS) is 21.1. The van der Waals surface area contributed by atoms with Crippen LogP contribution in [0.2, 0.25) is 0 Å². The Bertz CT molecular complexity index is 327. The van der Waals surface area contributed by atoms with Crippen LogP contribution in [0.15, 0.2) is 12.2 Å². The SMILES string of the molecule is C=C(C)C(=O)OCCCC1CCC(CCCCCCCC)CC1. The standard InChI is InChI=1S/C21H38O2/c1-4-5-6-7-8-9-11-19-13-15-20(16-14-19)12-10-17-23-21(22)18(2)3/h19-20H,2,4-17H2,1,3H3. The molecule has 0 N–H and O–H groups in total. The molecule has 0 radical (unpaired) electrons. The molecule has 2 nitrogen and oxygen atoms in total. The first kappa shape index (κ1) is 20.3. The van der Waals surface area contributed by atoms with Crippen molar-refractivity contribution in [3.8, 4) is 0 Å². The molecule has 0 aliphatic heterocycles. The summed E-state index contributed by atoms with van der Waals surface area (Å²) in [7, 11) is 0. The molecule has 0 aromatic rings. The number of unbranched alkanes of at least 4 members (excludes halogenated alkanes) is 5. The maximum Gasteiger partial charge on any atom is 0.333 e. The van der Waals surface area contributed by atoms with E-state index < -0.39 is 0 Å². The second-order valence-electron chi connectivity index (χ2n) is 7.50. The summed E-state index contributed by atoms with van der Waals surface area (Å²) >= 11 is 0. The van der Waals surface area contributed by atoms with E-state index in [1.54, 1.807) is 6.92 Å². The van der Waals surface area contributed by atoms with Crippen molar-refractivity contribution in [2.45, 2.75) is 97.3 Å². The van der Waals surface area contributed by atoms with Gasteiger partial charge in [-0.3, -0.25) is 0 Å². The highest BCUT2D eigenvalue weighted by atomic mass is 16.5. The monoisotopic (exact) mass is 322 g/mol. The van der Waals surface area contributed by atoms with Crippen molar-refractivity contribution in [1.29, 1.82) is 0 Å². The van der Waals surface area contributed by atoms with Crippen molar-refractivity contribution in [3.63, 3.8) is 0 Å². The smallest absolute Gasteiger partial charge is 0.333 e. The van der Waals surface area contributed by atoms with Crippen LogP contribution < -0.4 is 0 Å². The number of carbonyl (C=O) groups is 1. The van der Waals surface area contributed by atoms with Gasteiger partial charge in [0.05, 0.1) is 6.61 Å². The first-order valence-corrected chi connectivity index (χ1v) is 9.96. The summed E-state index contributed by atoms with van der Waals surface area (Å²) in [5, 5.41) is 0. The Morgan fingerprint density at radius 1 is 0.913 bits per heavy atom. The Morgan fingerprint density at radius 2 is 1.43 bits per heavy atom. The average Bonchev–Trinajstić information content (AvgIpc) is 2.55. The van der Waals surface area contributed by atoms with E-state index in [0.717, 1.165) is 18.3 Å². The van der Waals surface area contributed by atoms with Crippen molar-refractivity contribution >= 4 is 5.97 Å². The van der Waals surface area contributed by atoms with Gasteiger partial charge in [0.2, 0.25) is 0 Å². The van der Waals surface area contributed by atoms with Gasteiger partial charge in [0.25, 0.3) is 0 Å². The molecule has 0 bridgehead atoms. The lowest BCUT2D eigenvalue weighted by molar-refractivity contribution is -0.139. The Morgan fingerprint density at radius 3 is 2.00 bits per heavy atom. The van der Waals surface area contributed by atoms with Crippen LogP contribution in [-0.4, -0.2) is 12.6 Å². The molecule has 0 saturated heterocycles. The van der Waals surface area contributed by atoms with Gasteiger partial charge >= 0.3 is 5.97 Å². The second-order valence-corrected chi connectivity index (χ2v) is 7.50. The third kappa shape index (κ3) is 9.84. The van der Waals surface area contributed by atoms with E-state index in [1.165, 1.54) is 77.0 Å². The second kappa shape index (κ2) is 12.6. The summed E-state index contributed by atoms with van der Waals surface area (Å²) in [6.07, 6.45) is 17.8. The van der Waals surface area contributed by atoms with Crippen LogP contribution in [0.1, 0.15) is 97.3 Å². The molecule has 0 heterocycles. The summed E-state index contributed by atoms with van der Waals surface area (Å²) < 4.78 is 5.17. The van der Waals surface area contributed by atoms with E-state index in [4.69, 9.17) is 4.74 Å². The molecule has 1 saturated carbocycles. The molecule has 2 heteroatoms. The van der Waals surface area contributed by atoms with Gasteiger partial charge in [0.1, 0.15) is 0 Å². The van der Waals surface area contributed by atoms with Crippen molar-refractivity contribution in [2.24, 2.45) is 11.8 Å². The molecule has 1 fully saturated rings. The van der Waals surface area contributed by atoms with Crippen molar-refractivity contribution in [3.05, 3.63) is 12.2 Å². The Hall–Kier alpha value is -0.790. The van der Waals surface area contributed by atoms with E-state index in [1.807, 2.05) is 0 Å². The van der Waals surface area contributed by atoms with Gasteiger partial charge in [-0.05, 0) is 31.6 Å². The molecule has 1 aliphatic rings. The number of hydrogen-bond acceptors (Lipinski definition) is 2. The maximum atomic E-state index is 11.3. The Kier molecular flexibility index (Phi) is 11.1. The lowest BCUT2D eigenvalue weighted by atomic mass is 9.78. The molecular weight excluding hydrogens is 284 g/mol. The van der Waals surface area contributed by atoms with Gasteiger partial charge < -0.3 is 4.74 Å². The minimum atomic E-state index is -0.243. The predicted octanol–water partition coefficient (Wildman–Crippen LogP) is 6.44. The third-order valence-electron chi connectivity index (χ3n) is 5.27. The molecule has 1 rings (SSSR count). The van der Waals surface area contributed by atoms with Crippen molar-refractivity contribution in [2.75, 3.05) is 6.61 Å². The zero-order chi connectivity index (χ0) is 16.9. The molecular formula is C21H38O2. The van der Waals surface area contributed by atoms with Crippen LogP contribution in [0.3, 0.4) is 0 Å². The molecule has 0 atom stereocenters. The molecule has 0 aromatic heterocycles. The van der Waals surface area contributed by atoms with Gasteiger partial charge in [0.15, 0.2) is 0 Å². The van der Waals surface area contributed by atoms with Crippen molar-refractivity contribution in [1.82, 2.24) is 0 Å². The van der Waals surface area contributed by atoms with Gasteiger partial charge in [-0.2, -0.15) is 0 Å². The van der Waals surface area contributed by atoms with Crippen LogP contribution in [-0.2, 0) is 9.53 Å². The third-order valence-corrected chi connectivity index (χ3v) is 5.27. The summed E-state index contributed by atoms with van der Waals surface area (Å²) in [6, 6.07) is 0. The lowest BCUT2D eigenvalue weighted by Crippen LogP contribution is -2.15. The average molecular weight is 323 g/mol.